The zero-order chi connectivity index (χ0) is 12.3. The number of carbonyl (C=O) groups is 1. The summed E-state index contributed by atoms with van der Waals surface area (Å²) in [5.74, 6) is 0.330. The molecule has 19 heavy (non-hydrogen) atoms. The Kier molecular flexibility index (Phi) is 7.83. The fourth-order valence-electron chi connectivity index (χ4n) is 2.12. The standard InChI is InChI=1S/C13H18N2O2.2ClH/c1-10-9-14-6-7-15(10)12-4-3-5-13(8-12)17-11(2)16;;/h3-5,8,10,14H,6-7,9H2,1-2H3;2*1H. The van der Waals surface area contributed by atoms with E-state index in [4.69, 9.17) is 4.74 Å². The molecule has 108 valence electrons. The number of benzene rings is 1. The first-order valence-electron chi connectivity index (χ1n) is 5.92. The molecule has 1 fully saturated rings. The predicted molar refractivity (Wildman–Crippen MR) is 81.9 cm³/mol. The molecule has 0 amide bonds. The van der Waals surface area contributed by atoms with Gasteiger partial charge >= 0.3 is 5.97 Å². The summed E-state index contributed by atoms with van der Waals surface area (Å²) in [6.45, 7) is 6.55. The SMILES string of the molecule is CC(=O)Oc1cccc(N2CCNCC2C)c1.Cl.Cl. The van der Waals surface area contributed by atoms with Gasteiger partial charge in [-0.15, -0.1) is 24.8 Å². The molecule has 0 spiro atoms. The number of ether oxygens (including phenoxy) is 1. The van der Waals surface area contributed by atoms with Crippen LogP contribution in [0.15, 0.2) is 24.3 Å². The average molecular weight is 307 g/mol. The molecule has 1 saturated heterocycles. The Bertz CT molecular complexity index is 415. The molecular weight excluding hydrogens is 287 g/mol. The summed E-state index contributed by atoms with van der Waals surface area (Å²) >= 11 is 0. The minimum Gasteiger partial charge on any atom is -0.427 e. The van der Waals surface area contributed by atoms with E-state index in [9.17, 15) is 4.79 Å². The molecule has 4 nitrogen and oxygen atoms in total. The van der Waals surface area contributed by atoms with Crippen molar-refractivity contribution in [3.63, 3.8) is 0 Å². The fraction of sp³-hybridized carbons (Fsp3) is 0.462. The number of nitrogens with zero attached hydrogens (tertiary/aromatic N) is 1. The monoisotopic (exact) mass is 306 g/mol. The van der Waals surface area contributed by atoms with Gasteiger partial charge in [0.15, 0.2) is 0 Å². The number of piperazine rings is 1. The van der Waals surface area contributed by atoms with E-state index in [1.54, 1.807) is 6.07 Å². The van der Waals surface area contributed by atoms with Crippen LogP contribution in [0.2, 0.25) is 0 Å². The first kappa shape index (κ1) is 18.0. The van der Waals surface area contributed by atoms with Crippen molar-refractivity contribution in [2.24, 2.45) is 0 Å². The van der Waals surface area contributed by atoms with Gasteiger partial charge in [-0.2, -0.15) is 0 Å². The molecule has 1 aliphatic rings. The summed E-state index contributed by atoms with van der Waals surface area (Å²) in [6.07, 6.45) is 0. The molecule has 1 aromatic carbocycles. The lowest BCUT2D eigenvalue weighted by Gasteiger charge is -2.36. The maximum Gasteiger partial charge on any atom is 0.308 e. The van der Waals surface area contributed by atoms with E-state index in [1.165, 1.54) is 6.92 Å². The maximum absolute atomic E-state index is 10.9. The number of rotatable bonds is 2. The summed E-state index contributed by atoms with van der Waals surface area (Å²) in [6, 6.07) is 8.15. The maximum atomic E-state index is 10.9. The van der Waals surface area contributed by atoms with Crippen LogP contribution >= 0.6 is 24.8 Å². The van der Waals surface area contributed by atoms with E-state index >= 15 is 0 Å². The lowest BCUT2D eigenvalue weighted by Crippen LogP contribution is -2.49. The highest BCUT2D eigenvalue weighted by atomic mass is 35.5. The van der Waals surface area contributed by atoms with E-state index in [1.807, 2.05) is 12.1 Å². The van der Waals surface area contributed by atoms with Crippen molar-refractivity contribution >= 4 is 36.5 Å². The summed E-state index contributed by atoms with van der Waals surface area (Å²) in [7, 11) is 0. The smallest absolute Gasteiger partial charge is 0.308 e. The van der Waals surface area contributed by atoms with Gasteiger partial charge < -0.3 is 15.0 Å². The highest BCUT2D eigenvalue weighted by Crippen LogP contribution is 2.23. The second-order valence-electron chi connectivity index (χ2n) is 4.34. The fourth-order valence-corrected chi connectivity index (χ4v) is 2.12. The molecule has 1 aromatic rings. The Balaban J connectivity index is 0.00000162. The number of carbonyl (C=O) groups excluding carboxylic acids is 1. The first-order valence-corrected chi connectivity index (χ1v) is 5.92. The van der Waals surface area contributed by atoms with Crippen molar-refractivity contribution in [1.29, 1.82) is 0 Å². The normalized spacial score (nSPS) is 18.0. The van der Waals surface area contributed by atoms with E-state index in [-0.39, 0.29) is 30.8 Å². The molecule has 1 aliphatic heterocycles. The van der Waals surface area contributed by atoms with Crippen LogP contribution in [0, 0.1) is 0 Å². The lowest BCUT2D eigenvalue weighted by atomic mass is 10.2. The second-order valence-corrected chi connectivity index (χ2v) is 4.34. The molecule has 0 bridgehead atoms. The zero-order valence-electron chi connectivity index (χ0n) is 11.1. The number of hydrogen-bond donors (Lipinski definition) is 1. The minimum atomic E-state index is -0.282. The molecule has 0 aliphatic carbocycles. The van der Waals surface area contributed by atoms with Crippen LogP contribution in [-0.2, 0) is 4.79 Å². The molecule has 1 atom stereocenters. The second kappa shape index (κ2) is 8.25. The zero-order valence-corrected chi connectivity index (χ0v) is 12.7. The molecule has 1 heterocycles. The van der Waals surface area contributed by atoms with Gasteiger partial charge in [0.05, 0.1) is 0 Å². The van der Waals surface area contributed by atoms with E-state index in [0.29, 0.717) is 11.8 Å². The highest BCUT2D eigenvalue weighted by Gasteiger charge is 2.18. The molecule has 1 unspecified atom stereocenters. The van der Waals surface area contributed by atoms with E-state index in [0.717, 1.165) is 25.3 Å². The largest absolute Gasteiger partial charge is 0.427 e. The Morgan fingerprint density at radius 1 is 1.42 bits per heavy atom. The third-order valence-electron chi connectivity index (χ3n) is 2.91. The third kappa shape index (κ3) is 4.90. The predicted octanol–water partition coefficient (Wildman–Crippen LogP) is 2.25. The van der Waals surface area contributed by atoms with Crippen molar-refractivity contribution in [3.05, 3.63) is 24.3 Å². The van der Waals surface area contributed by atoms with Gasteiger partial charge in [-0.3, -0.25) is 4.79 Å². The van der Waals surface area contributed by atoms with E-state index in [2.05, 4.69) is 23.2 Å². The molecule has 6 heteroatoms. The van der Waals surface area contributed by atoms with Crippen LogP contribution in [-0.4, -0.2) is 31.6 Å². The van der Waals surface area contributed by atoms with Crippen LogP contribution in [0.3, 0.4) is 0 Å². The molecule has 0 radical (unpaired) electrons. The molecule has 2 rings (SSSR count). The Morgan fingerprint density at radius 3 is 2.79 bits per heavy atom. The molecule has 0 saturated carbocycles. The number of nitrogens with one attached hydrogen (secondary N) is 1. The van der Waals surface area contributed by atoms with Crippen LogP contribution in [0.25, 0.3) is 0 Å². The quantitative estimate of drug-likeness (QED) is 0.672. The van der Waals surface area contributed by atoms with Crippen LogP contribution in [0.5, 0.6) is 5.75 Å². The van der Waals surface area contributed by atoms with Gasteiger partial charge in [-0.25, -0.2) is 0 Å². The Hall–Kier alpha value is -0.970. The van der Waals surface area contributed by atoms with Crippen LogP contribution in [0.4, 0.5) is 5.69 Å². The van der Waals surface area contributed by atoms with Crippen molar-refractivity contribution < 1.29 is 9.53 Å². The Morgan fingerprint density at radius 2 is 2.16 bits per heavy atom. The van der Waals surface area contributed by atoms with Crippen molar-refractivity contribution in [1.82, 2.24) is 5.32 Å². The van der Waals surface area contributed by atoms with Gasteiger partial charge in [0, 0.05) is 44.4 Å². The summed E-state index contributed by atoms with van der Waals surface area (Å²) in [5.41, 5.74) is 1.11. The first-order chi connectivity index (χ1) is 8.16. The highest BCUT2D eigenvalue weighted by molar-refractivity contribution is 5.85. The van der Waals surface area contributed by atoms with Gasteiger partial charge in [0.25, 0.3) is 0 Å². The third-order valence-corrected chi connectivity index (χ3v) is 2.91. The summed E-state index contributed by atoms with van der Waals surface area (Å²) in [5, 5.41) is 3.35. The molecular formula is C13H20Cl2N2O2. The van der Waals surface area contributed by atoms with Crippen molar-refractivity contribution in [2.75, 3.05) is 24.5 Å². The number of halogens is 2. The van der Waals surface area contributed by atoms with Crippen molar-refractivity contribution in [2.45, 2.75) is 19.9 Å². The van der Waals surface area contributed by atoms with Crippen LogP contribution in [0.1, 0.15) is 13.8 Å². The van der Waals surface area contributed by atoms with Gasteiger partial charge in [-0.1, -0.05) is 6.07 Å². The summed E-state index contributed by atoms with van der Waals surface area (Å²) < 4.78 is 5.10. The van der Waals surface area contributed by atoms with E-state index < -0.39 is 0 Å². The van der Waals surface area contributed by atoms with Gasteiger partial charge in [0.1, 0.15) is 5.75 Å². The van der Waals surface area contributed by atoms with Gasteiger partial charge in [0.2, 0.25) is 0 Å². The number of esters is 1. The lowest BCUT2D eigenvalue weighted by molar-refractivity contribution is -0.131. The molecule has 1 N–H and O–H groups in total. The van der Waals surface area contributed by atoms with Gasteiger partial charge in [-0.05, 0) is 19.1 Å². The minimum absolute atomic E-state index is 0. The topological polar surface area (TPSA) is 41.6 Å². The average Bonchev–Trinajstić information content (AvgIpc) is 2.29. The molecule has 0 aromatic heterocycles. The number of hydrogen-bond acceptors (Lipinski definition) is 4. The number of anilines is 1. The van der Waals surface area contributed by atoms with Crippen molar-refractivity contribution in [3.8, 4) is 5.75 Å². The van der Waals surface area contributed by atoms with Crippen LogP contribution < -0.4 is 15.0 Å². The Labute approximate surface area is 126 Å². The summed E-state index contributed by atoms with van der Waals surface area (Å²) in [4.78, 5) is 13.2.